The van der Waals surface area contributed by atoms with Gasteiger partial charge in [0.2, 0.25) is 0 Å². The van der Waals surface area contributed by atoms with Gasteiger partial charge < -0.3 is 5.73 Å². The van der Waals surface area contributed by atoms with E-state index >= 15 is 0 Å². The van der Waals surface area contributed by atoms with Gasteiger partial charge in [0.05, 0.1) is 0 Å². The smallest absolute Gasteiger partial charge is 0.124 e. The fourth-order valence-electron chi connectivity index (χ4n) is 2.11. The third-order valence-electron chi connectivity index (χ3n) is 3.31. The third-order valence-corrected chi connectivity index (χ3v) is 3.54. The molecule has 0 amide bonds. The van der Waals surface area contributed by atoms with Crippen LogP contribution in [-0.2, 0) is 6.54 Å². The van der Waals surface area contributed by atoms with E-state index in [-0.39, 0.29) is 10.8 Å². The summed E-state index contributed by atoms with van der Waals surface area (Å²) in [4.78, 5) is 2.59. The van der Waals surface area contributed by atoms with Gasteiger partial charge in [0, 0.05) is 18.7 Å². The fraction of sp³-hybridized carbons (Fsp3) is 0.500. The molecule has 0 radical (unpaired) electrons. The fourth-order valence-corrected chi connectivity index (χ4v) is 2.23. The minimum Gasteiger partial charge on any atom is -0.389 e. The maximum absolute atomic E-state index is 13.5. The zero-order valence-corrected chi connectivity index (χ0v) is 11.5. The summed E-state index contributed by atoms with van der Waals surface area (Å²) in [6, 6.07) is 4.85. The highest BCUT2D eigenvalue weighted by atomic mass is 32.1. The van der Waals surface area contributed by atoms with E-state index in [0.29, 0.717) is 5.56 Å². The first-order chi connectivity index (χ1) is 8.58. The number of hydrogen-bond donors (Lipinski definition) is 1. The van der Waals surface area contributed by atoms with Crippen molar-refractivity contribution in [2.24, 2.45) is 11.7 Å². The van der Waals surface area contributed by atoms with Gasteiger partial charge in [-0.25, -0.2) is 4.39 Å². The Bertz CT molecular complexity index is 443. The summed E-state index contributed by atoms with van der Waals surface area (Å²) >= 11 is 4.90. The van der Waals surface area contributed by atoms with Crippen molar-refractivity contribution < 1.29 is 4.39 Å². The van der Waals surface area contributed by atoms with Crippen LogP contribution in [0.5, 0.6) is 0 Å². The van der Waals surface area contributed by atoms with E-state index in [1.165, 1.54) is 18.9 Å². The molecule has 2 nitrogen and oxygen atoms in total. The molecule has 0 heterocycles. The first kappa shape index (κ1) is 13.4. The summed E-state index contributed by atoms with van der Waals surface area (Å²) in [5.41, 5.74) is 7.11. The van der Waals surface area contributed by atoms with E-state index in [4.69, 9.17) is 18.0 Å². The zero-order valence-electron chi connectivity index (χ0n) is 10.7. The van der Waals surface area contributed by atoms with Gasteiger partial charge in [0.15, 0.2) is 0 Å². The maximum Gasteiger partial charge on any atom is 0.124 e. The van der Waals surface area contributed by atoms with Crippen LogP contribution in [0, 0.1) is 11.7 Å². The number of hydrogen-bond acceptors (Lipinski definition) is 2. The predicted molar refractivity (Wildman–Crippen MR) is 76.0 cm³/mol. The van der Waals surface area contributed by atoms with Crippen molar-refractivity contribution in [3.8, 4) is 0 Å². The molecule has 0 bridgehead atoms. The van der Waals surface area contributed by atoms with Gasteiger partial charge in [0.1, 0.15) is 10.8 Å². The van der Waals surface area contributed by atoms with Gasteiger partial charge >= 0.3 is 0 Å². The average molecular weight is 266 g/mol. The molecule has 1 aromatic rings. The first-order valence-corrected chi connectivity index (χ1v) is 6.81. The molecular weight excluding hydrogens is 247 g/mol. The van der Waals surface area contributed by atoms with E-state index < -0.39 is 0 Å². The largest absolute Gasteiger partial charge is 0.389 e. The van der Waals surface area contributed by atoms with Crippen molar-refractivity contribution in [2.75, 3.05) is 13.1 Å². The van der Waals surface area contributed by atoms with Crippen LogP contribution in [0.3, 0.4) is 0 Å². The Morgan fingerprint density at radius 2 is 2.17 bits per heavy atom. The topological polar surface area (TPSA) is 29.3 Å². The van der Waals surface area contributed by atoms with Crippen LogP contribution in [0.4, 0.5) is 4.39 Å². The SMILES string of the molecule is CCN(Cc1cc(F)cc(C(N)=S)c1)CC1CC1. The molecule has 4 heteroatoms. The van der Waals surface area contributed by atoms with Crippen LogP contribution in [0.15, 0.2) is 18.2 Å². The normalized spacial score (nSPS) is 15.1. The second kappa shape index (κ2) is 5.76. The molecule has 2 N–H and O–H groups in total. The van der Waals surface area contributed by atoms with Crippen LogP contribution in [0.1, 0.15) is 30.9 Å². The van der Waals surface area contributed by atoms with Crippen LogP contribution >= 0.6 is 12.2 Å². The highest BCUT2D eigenvalue weighted by molar-refractivity contribution is 7.80. The standard InChI is InChI=1S/C14H19FN2S/c1-2-17(8-10-3-4-10)9-11-5-12(14(16)18)7-13(15)6-11/h5-7,10H,2-4,8-9H2,1H3,(H2,16,18). The van der Waals surface area contributed by atoms with Crippen LogP contribution in [-0.4, -0.2) is 23.0 Å². The monoisotopic (exact) mass is 266 g/mol. The van der Waals surface area contributed by atoms with Crippen molar-refractivity contribution >= 4 is 17.2 Å². The lowest BCUT2D eigenvalue weighted by Gasteiger charge is -2.20. The zero-order chi connectivity index (χ0) is 13.1. The van der Waals surface area contributed by atoms with Crippen molar-refractivity contribution in [3.63, 3.8) is 0 Å². The highest BCUT2D eigenvalue weighted by Gasteiger charge is 2.23. The van der Waals surface area contributed by atoms with Crippen LogP contribution in [0.2, 0.25) is 0 Å². The predicted octanol–water partition coefficient (Wildman–Crippen LogP) is 2.69. The van der Waals surface area contributed by atoms with Gasteiger partial charge in [-0.1, -0.05) is 19.1 Å². The van der Waals surface area contributed by atoms with Gasteiger partial charge in [-0.05, 0) is 49.1 Å². The number of nitrogens with two attached hydrogens (primary N) is 1. The highest BCUT2D eigenvalue weighted by Crippen LogP contribution is 2.30. The van der Waals surface area contributed by atoms with Gasteiger partial charge in [-0.2, -0.15) is 0 Å². The minimum atomic E-state index is -0.266. The molecule has 0 saturated heterocycles. The molecule has 0 spiro atoms. The molecule has 0 aromatic heterocycles. The Balaban J connectivity index is 2.08. The quantitative estimate of drug-likeness (QED) is 0.803. The number of rotatable bonds is 6. The Labute approximate surface area is 113 Å². The maximum atomic E-state index is 13.5. The molecule has 1 aliphatic carbocycles. The molecule has 1 aliphatic rings. The molecule has 0 atom stereocenters. The van der Waals surface area contributed by atoms with E-state index in [1.54, 1.807) is 6.07 Å². The lowest BCUT2D eigenvalue weighted by molar-refractivity contribution is 0.268. The average Bonchev–Trinajstić information content (AvgIpc) is 3.11. The Hall–Kier alpha value is -1.00. The lowest BCUT2D eigenvalue weighted by Crippen LogP contribution is -2.25. The van der Waals surface area contributed by atoms with Crippen molar-refractivity contribution in [1.29, 1.82) is 0 Å². The summed E-state index contributed by atoms with van der Waals surface area (Å²) < 4.78 is 13.5. The molecule has 2 rings (SSSR count). The first-order valence-electron chi connectivity index (χ1n) is 6.40. The third kappa shape index (κ3) is 3.75. The second-order valence-corrected chi connectivity index (χ2v) is 5.42. The summed E-state index contributed by atoms with van der Waals surface area (Å²) in [5.74, 6) is 0.575. The Kier molecular flexibility index (Phi) is 4.30. The molecular formula is C14H19FN2S. The molecule has 0 unspecified atom stereocenters. The van der Waals surface area contributed by atoms with E-state index in [2.05, 4.69) is 11.8 Å². The molecule has 1 fully saturated rings. The summed E-state index contributed by atoms with van der Waals surface area (Å²) in [6.45, 7) is 4.99. The number of halogens is 1. The van der Waals surface area contributed by atoms with Gasteiger partial charge in [0.25, 0.3) is 0 Å². The van der Waals surface area contributed by atoms with Gasteiger partial charge in [-0.3, -0.25) is 4.90 Å². The summed E-state index contributed by atoms with van der Waals surface area (Å²) in [7, 11) is 0. The number of thiocarbonyl (C=S) groups is 1. The molecule has 98 valence electrons. The van der Waals surface area contributed by atoms with E-state index in [0.717, 1.165) is 31.1 Å². The number of benzene rings is 1. The Morgan fingerprint density at radius 1 is 1.44 bits per heavy atom. The van der Waals surface area contributed by atoms with E-state index in [9.17, 15) is 4.39 Å². The van der Waals surface area contributed by atoms with Crippen molar-refractivity contribution in [2.45, 2.75) is 26.3 Å². The second-order valence-electron chi connectivity index (χ2n) is 4.98. The Morgan fingerprint density at radius 3 is 2.72 bits per heavy atom. The van der Waals surface area contributed by atoms with Crippen molar-refractivity contribution in [1.82, 2.24) is 4.90 Å². The molecule has 1 saturated carbocycles. The number of nitrogens with zero attached hydrogens (tertiary/aromatic N) is 1. The van der Waals surface area contributed by atoms with E-state index in [1.807, 2.05) is 6.07 Å². The summed E-state index contributed by atoms with van der Waals surface area (Å²) in [5, 5.41) is 0. The van der Waals surface area contributed by atoms with Crippen molar-refractivity contribution in [3.05, 3.63) is 35.1 Å². The summed E-state index contributed by atoms with van der Waals surface area (Å²) in [6.07, 6.45) is 2.66. The van der Waals surface area contributed by atoms with Crippen LogP contribution < -0.4 is 5.73 Å². The molecule has 1 aromatic carbocycles. The lowest BCUT2D eigenvalue weighted by atomic mass is 10.1. The minimum absolute atomic E-state index is 0.251. The van der Waals surface area contributed by atoms with Crippen LogP contribution in [0.25, 0.3) is 0 Å². The van der Waals surface area contributed by atoms with Gasteiger partial charge in [-0.15, -0.1) is 0 Å². The molecule has 18 heavy (non-hydrogen) atoms. The molecule has 0 aliphatic heterocycles.